The maximum atomic E-state index is 13.1. The number of benzene rings is 2. The van der Waals surface area contributed by atoms with Gasteiger partial charge in [-0.25, -0.2) is 0 Å². The lowest BCUT2D eigenvalue weighted by Gasteiger charge is -2.14. The summed E-state index contributed by atoms with van der Waals surface area (Å²) in [5, 5.41) is 11.1. The SMILES string of the molecule is COc1cc(/C=C2/SC(=S)N(c3cccc([N+](=O)[O-])c3)C2=O)cc(I)c1OCc1ccccn1. The van der Waals surface area contributed by atoms with Gasteiger partial charge in [-0.05, 0) is 64.6 Å². The molecule has 34 heavy (non-hydrogen) atoms. The van der Waals surface area contributed by atoms with Crippen LogP contribution in [0.15, 0.2) is 65.7 Å². The smallest absolute Gasteiger partial charge is 0.271 e. The molecule has 0 radical (unpaired) electrons. The second-order valence-electron chi connectivity index (χ2n) is 6.94. The zero-order valence-electron chi connectivity index (χ0n) is 17.6. The van der Waals surface area contributed by atoms with Gasteiger partial charge in [-0.3, -0.25) is 24.8 Å². The highest BCUT2D eigenvalue weighted by Crippen LogP contribution is 2.39. The van der Waals surface area contributed by atoms with Crippen LogP contribution >= 0.6 is 46.6 Å². The monoisotopic (exact) mass is 605 g/mol. The molecule has 2 heterocycles. The number of anilines is 1. The van der Waals surface area contributed by atoms with Crippen LogP contribution in [0.4, 0.5) is 11.4 Å². The van der Waals surface area contributed by atoms with E-state index in [4.69, 9.17) is 21.7 Å². The number of methoxy groups -OCH3 is 1. The summed E-state index contributed by atoms with van der Waals surface area (Å²) < 4.78 is 12.6. The Morgan fingerprint density at radius 1 is 1.24 bits per heavy atom. The number of thioether (sulfide) groups is 1. The van der Waals surface area contributed by atoms with E-state index in [0.717, 1.165) is 26.6 Å². The first-order valence-corrected chi connectivity index (χ1v) is 12.1. The number of nitro benzene ring substituents is 1. The molecule has 4 rings (SSSR count). The molecular formula is C23H16IN3O5S2. The molecular weight excluding hydrogens is 589 g/mol. The number of rotatable bonds is 7. The first-order valence-electron chi connectivity index (χ1n) is 9.80. The van der Waals surface area contributed by atoms with Crippen molar-refractivity contribution in [2.45, 2.75) is 6.61 Å². The zero-order valence-corrected chi connectivity index (χ0v) is 21.4. The van der Waals surface area contributed by atoms with Crippen LogP contribution in [-0.2, 0) is 11.4 Å². The Hall–Kier alpha value is -3.03. The number of pyridine rings is 1. The molecule has 8 nitrogen and oxygen atoms in total. The molecule has 1 fully saturated rings. The van der Waals surface area contributed by atoms with E-state index < -0.39 is 4.92 Å². The number of amides is 1. The standard InChI is InChI=1S/C23H16IN3O5S2/c1-31-19-10-14(9-18(24)21(19)32-13-15-5-2-3-8-25-15)11-20-22(28)26(23(33)34-20)16-6-4-7-17(12-16)27(29)30/h2-12H,13H2,1H3/b20-11+. The van der Waals surface area contributed by atoms with Gasteiger partial charge in [-0.15, -0.1) is 0 Å². The van der Waals surface area contributed by atoms with Crippen molar-refractivity contribution in [3.8, 4) is 11.5 Å². The number of ether oxygens (including phenoxy) is 2. The minimum atomic E-state index is -0.511. The van der Waals surface area contributed by atoms with Crippen molar-refractivity contribution >= 4 is 74.2 Å². The molecule has 1 saturated heterocycles. The molecule has 11 heteroatoms. The topological polar surface area (TPSA) is 94.8 Å². The lowest BCUT2D eigenvalue weighted by molar-refractivity contribution is -0.384. The van der Waals surface area contributed by atoms with E-state index in [9.17, 15) is 14.9 Å². The predicted octanol–water partition coefficient (Wildman–Crippen LogP) is 5.59. The Bertz CT molecular complexity index is 1320. The molecule has 1 aliphatic heterocycles. The number of nitrogens with zero attached hydrogens (tertiary/aromatic N) is 3. The molecule has 0 aliphatic carbocycles. The molecule has 172 valence electrons. The van der Waals surface area contributed by atoms with Gasteiger partial charge in [0.15, 0.2) is 15.8 Å². The van der Waals surface area contributed by atoms with Crippen LogP contribution in [0.25, 0.3) is 6.08 Å². The maximum Gasteiger partial charge on any atom is 0.271 e. The summed E-state index contributed by atoms with van der Waals surface area (Å²) in [4.78, 5) is 29.6. The van der Waals surface area contributed by atoms with E-state index >= 15 is 0 Å². The number of halogens is 1. The number of carbonyl (C=O) groups is 1. The Labute approximate surface area is 218 Å². The fourth-order valence-electron chi connectivity index (χ4n) is 3.18. The maximum absolute atomic E-state index is 13.1. The summed E-state index contributed by atoms with van der Waals surface area (Å²) in [6.45, 7) is 0.286. The Kier molecular flexibility index (Phi) is 7.44. The molecule has 0 unspecified atom stereocenters. The molecule has 0 bridgehead atoms. The van der Waals surface area contributed by atoms with Gasteiger partial charge in [0.1, 0.15) is 6.61 Å². The predicted molar refractivity (Wildman–Crippen MR) is 143 cm³/mol. The fraction of sp³-hybridized carbons (Fsp3) is 0.0870. The first-order chi connectivity index (χ1) is 16.4. The molecule has 0 saturated carbocycles. The highest BCUT2D eigenvalue weighted by Gasteiger charge is 2.34. The number of hydrogen-bond acceptors (Lipinski definition) is 8. The number of aromatic nitrogens is 1. The number of nitro groups is 1. The highest BCUT2D eigenvalue weighted by molar-refractivity contribution is 14.1. The third-order valence-corrected chi connectivity index (χ3v) is 6.84. The summed E-state index contributed by atoms with van der Waals surface area (Å²) >= 11 is 8.67. The Balaban J connectivity index is 1.59. The minimum absolute atomic E-state index is 0.115. The molecule has 0 N–H and O–H groups in total. The summed E-state index contributed by atoms with van der Waals surface area (Å²) in [7, 11) is 1.55. The van der Waals surface area contributed by atoms with Crippen LogP contribution in [0.2, 0.25) is 0 Å². The number of thiocarbonyl (C=S) groups is 1. The average Bonchev–Trinajstić information content (AvgIpc) is 3.11. The van der Waals surface area contributed by atoms with Gasteiger partial charge >= 0.3 is 0 Å². The third kappa shape index (κ3) is 5.21. The lowest BCUT2D eigenvalue weighted by Crippen LogP contribution is -2.27. The van der Waals surface area contributed by atoms with Gasteiger partial charge in [0, 0.05) is 18.3 Å². The number of carbonyl (C=O) groups excluding carboxylic acids is 1. The van der Waals surface area contributed by atoms with Crippen molar-refractivity contribution in [3.63, 3.8) is 0 Å². The normalized spacial score (nSPS) is 14.5. The molecule has 1 aromatic heterocycles. The summed E-state index contributed by atoms with van der Waals surface area (Å²) in [5.74, 6) is 0.748. The van der Waals surface area contributed by atoms with E-state index in [1.54, 1.807) is 31.5 Å². The highest BCUT2D eigenvalue weighted by atomic mass is 127. The van der Waals surface area contributed by atoms with E-state index in [1.807, 2.05) is 24.3 Å². The summed E-state index contributed by atoms with van der Waals surface area (Å²) in [5.41, 5.74) is 1.75. The van der Waals surface area contributed by atoms with Crippen molar-refractivity contribution < 1.29 is 19.2 Å². The van der Waals surface area contributed by atoms with Crippen LogP contribution in [-0.4, -0.2) is 27.2 Å². The largest absolute Gasteiger partial charge is 0.493 e. The second kappa shape index (κ2) is 10.5. The van der Waals surface area contributed by atoms with Crippen LogP contribution in [0.5, 0.6) is 11.5 Å². The van der Waals surface area contributed by atoms with Gasteiger partial charge in [0.2, 0.25) is 0 Å². The van der Waals surface area contributed by atoms with Crippen LogP contribution in [0.1, 0.15) is 11.3 Å². The van der Waals surface area contributed by atoms with E-state index in [-0.39, 0.29) is 18.2 Å². The van der Waals surface area contributed by atoms with Crippen LogP contribution in [0.3, 0.4) is 0 Å². The molecule has 0 spiro atoms. The molecule has 1 amide bonds. The zero-order chi connectivity index (χ0) is 24.2. The fourth-order valence-corrected chi connectivity index (χ4v) is 5.26. The van der Waals surface area contributed by atoms with Gasteiger partial charge in [0.05, 0.1) is 31.9 Å². The van der Waals surface area contributed by atoms with Gasteiger partial charge in [0.25, 0.3) is 11.6 Å². The second-order valence-corrected chi connectivity index (χ2v) is 9.78. The Morgan fingerprint density at radius 2 is 2.06 bits per heavy atom. The van der Waals surface area contributed by atoms with Crippen molar-refractivity contribution in [1.82, 2.24) is 4.98 Å². The molecule has 0 atom stereocenters. The first kappa shape index (κ1) is 24.1. The van der Waals surface area contributed by atoms with Crippen molar-refractivity contribution in [1.29, 1.82) is 0 Å². The Morgan fingerprint density at radius 3 is 2.76 bits per heavy atom. The van der Waals surface area contributed by atoms with Gasteiger partial charge in [-0.1, -0.05) is 36.1 Å². The van der Waals surface area contributed by atoms with E-state index in [2.05, 4.69) is 27.6 Å². The quantitative estimate of drug-likeness (QED) is 0.113. The van der Waals surface area contributed by atoms with Crippen LogP contribution in [0, 0.1) is 13.7 Å². The van der Waals surface area contributed by atoms with Crippen molar-refractivity contribution in [2.24, 2.45) is 0 Å². The van der Waals surface area contributed by atoms with E-state index in [0.29, 0.717) is 26.4 Å². The van der Waals surface area contributed by atoms with Gasteiger partial charge < -0.3 is 9.47 Å². The average molecular weight is 605 g/mol. The van der Waals surface area contributed by atoms with Crippen molar-refractivity contribution in [2.75, 3.05) is 12.0 Å². The summed E-state index contributed by atoms with van der Waals surface area (Å²) in [6, 6.07) is 15.1. The van der Waals surface area contributed by atoms with Gasteiger partial charge in [-0.2, -0.15) is 0 Å². The minimum Gasteiger partial charge on any atom is -0.493 e. The molecule has 2 aromatic carbocycles. The lowest BCUT2D eigenvalue weighted by atomic mass is 10.1. The molecule has 3 aromatic rings. The number of hydrogen-bond donors (Lipinski definition) is 0. The van der Waals surface area contributed by atoms with E-state index in [1.165, 1.54) is 23.1 Å². The summed E-state index contributed by atoms with van der Waals surface area (Å²) in [6.07, 6.45) is 3.41. The molecule has 1 aliphatic rings. The van der Waals surface area contributed by atoms with Crippen molar-refractivity contribution in [3.05, 3.63) is 90.6 Å². The van der Waals surface area contributed by atoms with Crippen LogP contribution < -0.4 is 14.4 Å². The third-order valence-electron chi connectivity index (χ3n) is 4.73. The number of non-ortho nitro benzene ring substituents is 1.